The zero-order valence-electron chi connectivity index (χ0n) is 11.6. The molecule has 0 saturated heterocycles. The van der Waals surface area contributed by atoms with Crippen LogP contribution in [0.2, 0.25) is 0 Å². The molecule has 0 fully saturated rings. The minimum Gasteiger partial charge on any atom is -0.486 e. The SMILES string of the molecule is Cc1cc(C)c(OCc2csc3ccccc23)c(N)c1. The van der Waals surface area contributed by atoms with E-state index in [1.165, 1.54) is 15.6 Å². The maximum Gasteiger partial charge on any atom is 0.145 e. The van der Waals surface area contributed by atoms with Gasteiger partial charge in [0.15, 0.2) is 0 Å². The summed E-state index contributed by atoms with van der Waals surface area (Å²) in [5.41, 5.74) is 10.2. The maximum atomic E-state index is 6.05. The van der Waals surface area contributed by atoms with Crippen LogP contribution in [0.25, 0.3) is 10.1 Å². The van der Waals surface area contributed by atoms with Crippen molar-refractivity contribution < 1.29 is 4.74 Å². The van der Waals surface area contributed by atoms with Crippen molar-refractivity contribution >= 4 is 27.1 Å². The first-order chi connectivity index (χ1) is 9.65. The van der Waals surface area contributed by atoms with Crippen LogP contribution in [0.3, 0.4) is 0 Å². The van der Waals surface area contributed by atoms with Gasteiger partial charge in [-0.2, -0.15) is 0 Å². The zero-order valence-corrected chi connectivity index (χ0v) is 12.5. The van der Waals surface area contributed by atoms with Crippen LogP contribution in [0.15, 0.2) is 41.8 Å². The van der Waals surface area contributed by atoms with Gasteiger partial charge in [0, 0.05) is 10.3 Å². The molecule has 0 aliphatic heterocycles. The molecule has 0 bridgehead atoms. The summed E-state index contributed by atoms with van der Waals surface area (Å²) in [7, 11) is 0. The molecule has 2 nitrogen and oxygen atoms in total. The standard InChI is InChI=1S/C17H17NOS/c1-11-7-12(2)17(15(18)8-11)19-9-13-10-20-16-6-4-3-5-14(13)16/h3-8,10H,9,18H2,1-2H3. The molecule has 3 rings (SSSR count). The van der Waals surface area contributed by atoms with E-state index in [0.29, 0.717) is 12.3 Å². The third-order valence-electron chi connectivity index (χ3n) is 3.38. The number of benzene rings is 2. The van der Waals surface area contributed by atoms with Gasteiger partial charge in [-0.05, 0) is 47.9 Å². The van der Waals surface area contributed by atoms with Crippen LogP contribution in [-0.4, -0.2) is 0 Å². The molecule has 0 atom stereocenters. The van der Waals surface area contributed by atoms with Gasteiger partial charge in [0.05, 0.1) is 5.69 Å². The molecule has 102 valence electrons. The van der Waals surface area contributed by atoms with Gasteiger partial charge < -0.3 is 10.5 Å². The van der Waals surface area contributed by atoms with E-state index in [1.54, 1.807) is 11.3 Å². The Hall–Kier alpha value is -2.00. The fourth-order valence-electron chi connectivity index (χ4n) is 2.48. The number of nitrogens with two attached hydrogens (primary N) is 1. The summed E-state index contributed by atoms with van der Waals surface area (Å²) in [4.78, 5) is 0. The smallest absolute Gasteiger partial charge is 0.145 e. The Bertz CT molecular complexity index is 738. The first-order valence-electron chi connectivity index (χ1n) is 6.60. The highest BCUT2D eigenvalue weighted by molar-refractivity contribution is 7.17. The number of hydrogen-bond donors (Lipinski definition) is 1. The van der Waals surface area contributed by atoms with Gasteiger partial charge in [-0.15, -0.1) is 11.3 Å². The lowest BCUT2D eigenvalue weighted by atomic mass is 10.1. The van der Waals surface area contributed by atoms with Crippen LogP contribution in [0.1, 0.15) is 16.7 Å². The summed E-state index contributed by atoms with van der Waals surface area (Å²) in [6.07, 6.45) is 0. The maximum absolute atomic E-state index is 6.05. The van der Waals surface area contributed by atoms with E-state index in [0.717, 1.165) is 16.9 Å². The Balaban J connectivity index is 1.87. The minimum atomic E-state index is 0.554. The second-order valence-corrected chi connectivity index (χ2v) is 5.96. The monoisotopic (exact) mass is 283 g/mol. The molecule has 0 unspecified atom stereocenters. The molecule has 20 heavy (non-hydrogen) atoms. The van der Waals surface area contributed by atoms with E-state index in [1.807, 2.05) is 19.9 Å². The van der Waals surface area contributed by atoms with Crippen molar-refractivity contribution in [3.8, 4) is 5.75 Å². The Morgan fingerprint density at radius 2 is 1.95 bits per heavy atom. The summed E-state index contributed by atoms with van der Waals surface area (Å²) >= 11 is 1.75. The van der Waals surface area contributed by atoms with Crippen LogP contribution >= 0.6 is 11.3 Å². The Labute approximate surface area is 122 Å². The number of nitrogen functional groups attached to an aromatic ring is 1. The summed E-state index contributed by atoms with van der Waals surface area (Å²) in [5.74, 6) is 0.797. The average Bonchev–Trinajstić information content (AvgIpc) is 2.81. The fraction of sp³-hybridized carbons (Fsp3) is 0.176. The Morgan fingerprint density at radius 3 is 2.75 bits per heavy atom. The molecule has 1 aromatic heterocycles. The lowest BCUT2D eigenvalue weighted by Gasteiger charge is -2.12. The first kappa shape index (κ1) is 13.0. The quantitative estimate of drug-likeness (QED) is 0.708. The van der Waals surface area contributed by atoms with Gasteiger partial charge in [0.1, 0.15) is 12.4 Å². The van der Waals surface area contributed by atoms with E-state index < -0.39 is 0 Å². The Kier molecular flexibility index (Phi) is 3.36. The van der Waals surface area contributed by atoms with Crippen LogP contribution in [0, 0.1) is 13.8 Å². The first-order valence-corrected chi connectivity index (χ1v) is 7.48. The highest BCUT2D eigenvalue weighted by Crippen LogP contribution is 2.31. The normalized spacial score (nSPS) is 10.9. The van der Waals surface area contributed by atoms with Crippen molar-refractivity contribution in [3.05, 3.63) is 58.5 Å². The number of aryl methyl sites for hydroxylation is 2. The second-order valence-electron chi connectivity index (χ2n) is 5.05. The Morgan fingerprint density at radius 1 is 1.15 bits per heavy atom. The fourth-order valence-corrected chi connectivity index (χ4v) is 3.43. The van der Waals surface area contributed by atoms with E-state index in [9.17, 15) is 0 Å². The highest BCUT2D eigenvalue weighted by atomic mass is 32.1. The van der Waals surface area contributed by atoms with Gasteiger partial charge in [-0.1, -0.05) is 24.3 Å². The molecule has 0 radical (unpaired) electrons. The van der Waals surface area contributed by atoms with Crippen molar-refractivity contribution in [3.63, 3.8) is 0 Å². The van der Waals surface area contributed by atoms with Crippen molar-refractivity contribution in [2.45, 2.75) is 20.5 Å². The van der Waals surface area contributed by atoms with Crippen molar-refractivity contribution in [1.82, 2.24) is 0 Å². The topological polar surface area (TPSA) is 35.2 Å². The number of thiophene rings is 1. The molecule has 0 amide bonds. The summed E-state index contributed by atoms with van der Waals surface area (Å²) in [6.45, 7) is 4.63. The van der Waals surface area contributed by atoms with Crippen LogP contribution < -0.4 is 10.5 Å². The zero-order chi connectivity index (χ0) is 14.1. The number of rotatable bonds is 3. The molecule has 3 aromatic rings. The van der Waals surface area contributed by atoms with E-state index in [2.05, 4.69) is 35.7 Å². The van der Waals surface area contributed by atoms with Crippen LogP contribution in [0.4, 0.5) is 5.69 Å². The lowest BCUT2D eigenvalue weighted by Crippen LogP contribution is -2.00. The minimum absolute atomic E-state index is 0.554. The highest BCUT2D eigenvalue weighted by Gasteiger charge is 2.08. The molecular formula is C17H17NOS. The van der Waals surface area contributed by atoms with Gasteiger partial charge in [0.25, 0.3) is 0 Å². The van der Waals surface area contributed by atoms with Crippen molar-refractivity contribution in [1.29, 1.82) is 0 Å². The van der Waals surface area contributed by atoms with Crippen molar-refractivity contribution in [2.24, 2.45) is 0 Å². The molecule has 0 spiro atoms. The summed E-state index contributed by atoms with van der Waals surface area (Å²) in [6, 6.07) is 12.4. The van der Waals surface area contributed by atoms with Crippen LogP contribution in [0.5, 0.6) is 5.75 Å². The molecule has 2 N–H and O–H groups in total. The van der Waals surface area contributed by atoms with Gasteiger partial charge in [0.2, 0.25) is 0 Å². The molecule has 1 heterocycles. The third-order valence-corrected chi connectivity index (χ3v) is 4.39. The largest absolute Gasteiger partial charge is 0.486 e. The molecule has 0 saturated carbocycles. The van der Waals surface area contributed by atoms with E-state index in [4.69, 9.17) is 10.5 Å². The summed E-state index contributed by atoms with van der Waals surface area (Å²) in [5, 5.41) is 3.42. The van der Waals surface area contributed by atoms with E-state index in [-0.39, 0.29) is 0 Å². The van der Waals surface area contributed by atoms with Gasteiger partial charge in [-0.25, -0.2) is 0 Å². The molecule has 2 aromatic carbocycles. The molecular weight excluding hydrogens is 266 g/mol. The predicted molar refractivity (Wildman–Crippen MR) is 86.5 cm³/mol. The van der Waals surface area contributed by atoms with Gasteiger partial charge in [-0.3, -0.25) is 0 Å². The number of anilines is 1. The molecule has 3 heteroatoms. The number of fused-ring (bicyclic) bond motifs is 1. The predicted octanol–water partition coefficient (Wildman–Crippen LogP) is 4.68. The van der Waals surface area contributed by atoms with E-state index >= 15 is 0 Å². The third kappa shape index (κ3) is 2.37. The molecule has 0 aliphatic rings. The summed E-state index contributed by atoms with van der Waals surface area (Å²) < 4.78 is 7.25. The number of hydrogen-bond acceptors (Lipinski definition) is 3. The van der Waals surface area contributed by atoms with Gasteiger partial charge >= 0.3 is 0 Å². The molecule has 0 aliphatic carbocycles. The lowest BCUT2D eigenvalue weighted by molar-refractivity contribution is 0.307. The van der Waals surface area contributed by atoms with Crippen molar-refractivity contribution in [2.75, 3.05) is 5.73 Å². The average molecular weight is 283 g/mol. The second kappa shape index (κ2) is 5.17. The van der Waals surface area contributed by atoms with Crippen LogP contribution in [-0.2, 0) is 6.61 Å². The number of ether oxygens (including phenoxy) is 1.